The lowest BCUT2D eigenvalue weighted by Crippen LogP contribution is -2.53. The van der Waals surface area contributed by atoms with Gasteiger partial charge < -0.3 is 10.2 Å². The highest BCUT2D eigenvalue weighted by Gasteiger charge is 2.29. The van der Waals surface area contributed by atoms with Crippen LogP contribution in [-0.2, 0) is 10.0 Å². The van der Waals surface area contributed by atoms with E-state index in [-0.39, 0.29) is 6.03 Å². The second kappa shape index (κ2) is 7.11. The first-order valence-corrected chi connectivity index (χ1v) is 8.93. The molecule has 1 aliphatic rings. The topological polar surface area (TPSA) is 69.7 Å². The monoisotopic (exact) mass is 325 g/mol. The third-order valence-corrected chi connectivity index (χ3v) is 5.48. The van der Waals surface area contributed by atoms with Crippen LogP contribution in [0, 0.1) is 5.92 Å². The van der Waals surface area contributed by atoms with Gasteiger partial charge in [-0.05, 0) is 18.1 Å². The number of sulfonamides is 1. The zero-order chi connectivity index (χ0) is 16.2. The number of hydrogen-bond donors (Lipinski definition) is 1. The largest absolute Gasteiger partial charge is 0.338 e. The third-order valence-electron chi connectivity index (χ3n) is 3.57. The summed E-state index contributed by atoms with van der Waals surface area (Å²) in [6, 6.07) is 8.28. The zero-order valence-corrected chi connectivity index (χ0v) is 13.8. The summed E-state index contributed by atoms with van der Waals surface area (Å²) in [5.74, 6) is 0.392. The molecule has 1 fully saturated rings. The van der Waals surface area contributed by atoms with E-state index < -0.39 is 10.0 Å². The summed E-state index contributed by atoms with van der Waals surface area (Å²) in [6.07, 6.45) is 0. The molecule has 0 spiro atoms. The summed E-state index contributed by atoms with van der Waals surface area (Å²) in [7, 11) is -3.46. The van der Waals surface area contributed by atoms with E-state index >= 15 is 0 Å². The highest BCUT2D eigenvalue weighted by atomic mass is 32.2. The average Bonchev–Trinajstić information content (AvgIpc) is 2.53. The number of nitrogens with one attached hydrogen (secondary N) is 1. The van der Waals surface area contributed by atoms with Crippen LogP contribution >= 0.6 is 0 Å². The summed E-state index contributed by atoms with van der Waals surface area (Å²) in [6.45, 7) is 6.17. The molecule has 1 saturated heterocycles. The molecule has 0 aliphatic carbocycles. The second-order valence-electron chi connectivity index (χ2n) is 5.78. The Balaban J connectivity index is 1.93. The molecule has 1 heterocycles. The number of piperazine rings is 1. The molecule has 2 amide bonds. The standard InChI is InChI=1S/C15H23N3O3S/c1-13(2)12-16-15(19)17-8-10-18(11-9-17)22(20,21)14-6-4-3-5-7-14/h3-7,13H,8-12H2,1-2H3,(H,16,19). The van der Waals surface area contributed by atoms with Crippen LogP contribution in [0.5, 0.6) is 0 Å². The van der Waals surface area contributed by atoms with Gasteiger partial charge in [0.1, 0.15) is 0 Å². The van der Waals surface area contributed by atoms with Crippen LogP contribution in [0.1, 0.15) is 13.8 Å². The minimum absolute atomic E-state index is 0.120. The molecule has 1 N–H and O–H groups in total. The van der Waals surface area contributed by atoms with Crippen molar-refractivity contribution in [2.75, 3.05) is 32.7 Å². The van der Waals surface area contributed by atoms with Crippen LogP contribution in [0.15, 0.2) is 35.2 Å². The van der Waals surface area contributed by atoms with Gasteiger partial charge in [0.25, 0.3) is 0 Å². The van der Waals surface area contributed by atoms with Gasteiger partial charge in [0.15, 0.2) is 0 Å². The van der Waals surface area contributed by atoms with Crippen LogP contribution in [0.4, 0.5) is 4.79 Å². The van der Waals surface area contributed by atoms with Gasteiger partial charge in [-0.3, -0.25) is 0 Å². The van der Waals surface area contributed by atoms with Crippen molar-refractivity contribution in [1.82, 2.24) is 14.5 Å². The van der Waals surface area contributed by atoms with Gasteiger partial charge >= 0.3 is 6.03 Å². The van der Waals surface area contributed by atoms with Crippen LogP contribution < -0.4 is 5.32 Å². The zero-order valence-electron chi connectivity index (χ0n) is 13.0. The van der Waals surface area contributed by atoms with E-state index in [9.17, 15) is 13.2 Å². The molecule has 1 aromatic rings. The number of urea groups is 1. The van der Waals surface area contributed by atoms with Gasteiger partial charge in [-0.2, -0.15) is 4.31 Å². The lowest BCUT2D eigenvalue weighted by molar-refractivity contribution is 0.171. The Morgan fingerprint density at radius 3 is 2.27 bits per heavy atom. The van der Waals surface area contributed by atoms with E-state index in [0.29, 0.717) is 43.5 Å². The maximum absolute atomic E-state index is 12.5. The molecule has 122 valence electrons. The highest BCUT2D eigenvalue weighted by molar-refractivity contribution is 7.89. The molecular weight excluding hydrogens is 302 g/mol. The molecule has 0 atom stereocenters. The van der Waals surface area contributed by atoms with E-state index in [1.807, 2.05) is 13.8 Å². The van der Waals surface area contributed by atoms with Gasteiger partial charge in [-0.15, -0.1) is 0 Å². The van der Waals surface area contributed by atoms with Gasteiger partial charge in [-0.1, -0.05) is 32.0 Å². The fraction of sp³-hybridized carbons (Fsp3) is 0.533. The van der Waals surface area contributed by atoms with Crippen molar-refractivity contribution in [2.24, 2.45) is 5.92 Å². The second-order valence-corrected chi connectivity index (χ2v) is 7.72. The number of carbonyl (C=O) groups excluding carboxylic acids is 1. The molecule has 0 saturated carbocycles. The van der Waals surface area contributed by atoms with Crippen molar-refractivity contribution in [3.8, 4) is 0 Å². The number of amides is 2. The fourth-order valence-electron chi connectivity index (χ4n) is 2.28. The number of rotatable bonds is 4. The van der Waals surface area contributed by atoms with Crippen molar-refractivity contribution in [3.63, 3.8) is 0 Å². The Morgan fingerprint density at radius 2 is 1.73 bits per heavy atom. The summed E-state index contributed by atoms with van der Waals surface area (Å²) in [5.41, 5.74) is 0. The van der Waals surface area contributed by atoms with Crippen molar-refractivity contribution in [3.05, 3.63) is 30.3 Å². The minimum Gasteiger partial charge on any atom is -0.338 e. The minimum atomic E-state index is -3.46. The molecule has 22 heavy (non-hydrogen) atoms. The Hall–Kier alpha value is -1.60. The maximum atomic E-state index is 12.5. The predicted octanol–water partition coefficient (Wildman–Crippen LogP) is 1.36. The van der Waals surface area contributed by atoms with Gasteiger partial charge in [-0.25, -0.2) is 13.2 Å². The molecule has 1 aliphatic heterocycles. The van der Waals surface area contributed by atoms with Crippen molar-refractivity contribution in [2.45, 2.75) is 18.7 Å². The lowest BCUT2D eigenvalue weighted by Gasteiger charge is -2.34. The molecule has 6 nitrogen and oxygen atoms in total. The van der Waals surface area contributed by atoms with E-state index in [1.165, 1.54) is 4.31 Å². The summed E-state index contributed by atoms with van der Waals surface area (Å²) < 4.78 is 26.4. The van der Waals surface area contributed by atoms with Crippen molar-refractivity contribution in [1.29, 1.82) is 0 Å². The first-order valence-electron chi connectivity index (χ1n) is 7.49. The Labute approximate surface area is 132 Å². The SMILES string of the molecule is CC(C)CNC(=O)N1CCN(S(=O)(=O)c2ccccc2)CC1. The van der Waals surface area contributed by atoms with E-state index in [1.54, 1.807) is 35.2 Å². The Kier molecular flexibility index (Phi) is 5.42. The molecule has 0 unspecified atom stereocenters. The van der Waals surface area contributed by atoms with Gasteiger partial charge in [0, 0.05) is 32.7 Å². The maximum Gasteiger partial charge on any atom is 0.317 e. The van der Waals surface area contributed by atoms with Crippen LogP contribution in [-0.4, -0.2) is 56.4 Å². The number of hydrogen-bond acceptors (Lipinski definition) is 3. The van der Waals surface area contributed by atoms with E-state index in [2.05, 4.69) is 5.32 Å². The van der Waals surface area contributed by atoms with Crippen LogP contribution in [0.25, 0.3) is 0 Å². The molecule has 2 rings (SSSR count). The van der Waals surface area contributed by atoms with Crippen LogP contribution in [0.3, 0.4) is 0 Å². The smallest absolute Gasteiger partial charge is 0.317 e. The number of benzene rings is 1. The number of nitrogens with zero attached hydrogens (tertiary/aromatic N) is 2. The van der Waals surface area contributed by atoms with Crippen molar-refractivity contribution < 1.29 is 13.2 Å². The fourth-order valence-corrected chi connectivity index (χ4v) is 3.72. The van der Waals surface area contributed by atoms with E-state index in [4.69, 9.17) is 0 Å². The van der Waals surface area contributed by atoms with Gasteiger partial charge in [0.05, 0.1) is 4.90 Å². The highest BCUT2D eigenvalue weighted by Crippen LogP contribution is 2.17. The van der Waals surface area contributed by atoms with Gasteiger partial charge in [0.2, 0.25) is 10.0 Å². The molecular formula is C15H23N3O3S. The molecule has 0 radical (unpaired) electrons. The number of carbonyl (C=O) groups is 1. The summed E-state index contributed by atoms with van der Waals surface area (Å²) in [5, 5.41) is 2.86. The quantitative estimate of drug-likeness (QED) is 0.909. The van der Waals surface area contributed by atoms with Crippen molar-refractivity contribution >= 4 is 16.1 Å². The lowest BCUT2D eigenvalue weighted by atomic mass is 10.2. The first kappa shape index (κ1) is 16.8. The molecule has 0 aromatic heterocycles. The first-order chi connectivity index (χ1) is 10.4. The third kappa shape index (κ3) is 3.98. The normalized spacial score (nSPS) is 16.8. The Morgan fingerprint density at radius 1 is 1.14 bits per heavy atom. The molecule has 1 aromatic carbocycles. The average molecular weight is 325 g/mol. The van der Waals surface area contributed by atoms with Crippen LogP contribution in [0.2, 0.25) is 0 Å². The van der Waals surface area contributed by atoms with E-state index in [0.717, 1.165) is 0 Å². The predicted molar refractivity (Wildman–Crippen MR) is 85.0 cm³/mol. The summed E-state index contributed by atoms with van der Waals surface area (Å²) in [4.78, 5) is 13.9. The summed E-state index contributed by atoms with van der Waals surface area (Å²) >= 11 is 0. The Bertz CT molecular complexity index is 594. The molecule has 0 bridgehead atoms. The molecule has 7 heteroatoms.